The third kappa shape index (κ3) is 3.09. The van der Waals surface area contributed by atoms with Gasteiger partial charge in [0.15, 0.2) is 0 Å². The lowest BCUT2D eigenvalue weighted by Gasteiger charge is -2.22. The molecule has 0 radical (unpaired) electrons. The van der Waals surface area contributed by atoms with E-state index in [4.69, 9.17) is 0 Å². The number of nitrogens with one attached hydrogen (secondary N) is 2. The summed E-state index contributed by atoms with van der Waals surface area (Å²) in [6.45, 7) is 0. The average molecular weight is 302 g/mol. The molecule has 1 aliphatic rings. The van der Waals surface area contributed by atoms with Crippen LogP contribution >= 0.6 is 7.14 Å². The predicted octanol–water partition coefficient (Wildman–Crippen LogP) is 1.19. The number of hydrazine groups is 1. The molecule has 1 aliphatic heterocycles. The fourth-order valence-corrected chi connectivity index (χ4v) is 5.62. The van der Waals surface area contributed by atoms with Crippen LogP contribution < -0.4 is 21.5 Å². The van der Waals surface area contributed by atoms with E-state index in [2.05, 4.69) is 10.9 Å². The van der Waals surface area contributed by atoms with E-state index in [0.29, 0.717) is 12.6 Å². The molecule has 5 heteroatoms. The molecule has 4 nitrogen and oxygen atoms in total. The molecule has 2 aromatic carbocycles. The Kier molecular flexibility index (Phi) is 4.22. The molecule has 2 aromatic rings. The standard InChI is InChI=1S/C16H19N2O2P/c19-16-11-13(17-18-16)12-21(20,14-7-3-1-4-8-14)15-9-5-2-6-10-15/h1-10,13,16-19H,11-12H2. The number of aliphatic hydroxyl groups excluding tert-OH is 1. The van der Waals surface area contributed by atoms with Crippen LogP contribution in [-0.4, -0.2) is 23.5 Å². The van der Waals surface area contributed by atoms with Crippen molar-refractivity contribution in [2.75, 3.05) is 6.16 Å². The van der Waals surface area contributed by atoms with Gasteiger partial charge in [-0.1, -0.05) is 60.7 Å². The van der Waals surface area contributed by atoms with Gasteiger partial charge in [0.05, 0.1) is 0 Å². The van der Waals surface area contributed by atoms with Gasteiger partial charge in [-0.25, -0.2) is 5.43 Å². The molecule has 0 aromatic heterocycles. The van der Waals surface area contributed by atoms with Crippen molar-refractivity contribution in [1.29, 1.82) is 0 Å². The SMILES string of the molecule is O=P(CC1CC(O)NN1)(c1ccccc1)c1ccccc1. The topological polar surface area (TPSA) is 61.4 Å². The molecule has 3 N–H and O–H groups in total. The van der Waals surface area contributed by atoms with Gasteiger partial charge in [0.1, 0.15) is 13.4 Å². The summed E-state index contributed by atoms with van der Waals surface area (Å²) < 4.78 is 13.7. The summed E-state index contributed by atoms with van der Waals surface area (Å²) in [4.78, 5) is 0. The van der Waals surface area contributed by atoms with Gasteiger partial charge in [-0.2, -0.15) is 0 Å². The van der Waals surface area contributed by atoms with E-state index in [-0.39, 0.29) is 6.04 Å². The van der Waals surface area contributed by atoms with Crippen LogP contribution in [0, 0.1) is 0 Å². The molecule has 0 amide bonds. The summed E-state index contributed by atoms with van der Waals surface area (Å²) in [5, 5.41) is 11.3. The first-order valence-corrected chi connectivity index (χ1v) is 8.97. The highest BCUT2D eigenvalue weighted by molar-refractivity contribution is 7.78. The highest BCUT2D eigenvalue weighted by Crippen LogP contribution is 2.44. The van der Waals surface area contributed by atoms with Gasteiger partial charge >= 0.3 is 0 Å². The Labute approximate surface area is 124 Å². The second-order valence-electron chi connectivity index (χ2n) is 5.33. The van der Waals surface area contributed by atoms with Crippen LogP contribution in [0.5, 0.6) is 0 Å². The van der Waals surface area contributed by atoms with Crippen LogP contribution in [0.3, 0.4) is 0 Å². The van der Waals surface area contributed by atoms with Crippen LogP contribution in [0.15, 0.2) is 60.7 Å². The molecule has 3 rings (SSSR count). The zero-order chi connectivity index (χ0) is 14.7. The first-order valence-electron chi connectivity index (χ1n) is 7.08. The average Bonchev–Trinajstić information content (AvgIpc) is 2.94. The van der Waals surface area contributed by atoms with Gasteiger partial charge in [0.25, 0.3) is 0 Å². The maximum Gasteiger partial charge on any atom is 0.144 e. The van der Waals surface area contributed by atoms with Crippen molar-refractivity contribution in [1.82, 2.24) is 10.9 Å². The van der Waals surface area contributed by atoms with Crippen LogP contribution in [0.1, 0.15) is 6.42 Å². The summed E-state index contributed by atoms with van der Waals surface area (Å²) in [5.74, 6) is 0. The van der Waals surface area contributed by atoms with Gasteiger partial charge < -0.3 is 9.67 Å². The molecule has 2 unspecified atom stereocenters. The largest absolute Gasteiger partial charge is 0.377 e. The molecule has 1 fully saturated rings. The van der Waals surface area contributed by atoms with Crippen molar-refractivity contribution < 1.29 is 9.67 Å². The lowest BCUT2D eigenvalue weighted by Crippen LogP contribution is -2.36. The monoisotopic (exact) mass is 302 g/mol. The normalized spacial score (nSPS) is 22.3. The van der Waals surface area contributed by atoms with Gasteiger partial charge in [-0.05, 0) is 0 Å². The Morgan fingerprint density at radius 2 is 1.48 bits per heavy atom. The molecule has 2 atom stereocenters. The summed E-state index contributed by atoms with van der Waals surface area (Å²) in [7, 11) is -2.71. The molecule has 0 bridgehead atoms. The Balaban J connectivity index is 1.97. The zero-order valence-electron chi connectivity index (χ0n) is 11.6. The van der Waals surface area contributed by atoms with Crippen LogP contribution in [0.4, 0.5) is 0 Å². The fraction of sp³-hybridized carbons (Fsp3) is 0.250. The van der Waals surface area contributed by atoms with Gasteiger partial charge in [-0.3, -0.25) is 5.43 Å². The first-order chi connectivity index (χ1) is 10.2. The summed E-state index contributed by atoms with van der Waals surface area (Å²) in [5.41, 5.74) is 5.81. The van der Waals surface area contributed by atoms with Crippen molar-refractivity contribution in [3.8, 4) is 0 Å². The molecule has 0 aliphatic carbocycles. The third-order valence-electron chi connectivity index (χ3n) is 3.79. The lowest BCUT2D eigenvalue weighted by atomic mass is 10.2. The summed E-state index contributed by atoms with van der Waals surface area (Å²) in [6.07, 6.45) is 0.476. The molecule has 1 heterocycles. The highest BCUT2D eigenvalue weighted by Gasteiger charge is 2.33. The second kappa shape index (κ2) is 6.12. The van der Waals surface area contributed by atoms with Crippen molar-refractivity contribution in [2.24, 2.45) is 0 Å². The molecule has 21 heavy (non-hydrogen) atoms. The number of benzene rings is 2. The Bertz CT molecular complexity index is 590. The minimum atomic E-state index is -2.71. The van der Waals surface area contributed by atoms with Crippen molar-refractivity contribution in [3.05, 3.63) is 60.7 Å². The molecular weight excluding hydrogens is 283 g/mol. The van der Waals surface area contributed by atoms with E-state index >= 15 is 0 Å². The summed E-state index contributed by atoms with van der Waals surface area (Å²) >= 11 is 0. The maximum atomic E-state index is 13.7. The minimum absolute atomic E-state index is 0.00811. The predicted molar refractivity (Wildman–Crippen MR) is 85.3 cm³/mol. The van der Waals surface area contributed by atoms with Crippen molar-refractivity contribution in [3.63, 3.8) is 0 Å². The third-order valence-corrected chi connectivity index (χ3v) is 7.01. The van der Waals surface area contributed by atoms with E-state index in [1.807, 2.05) is 60.7 Å². The minimum Gasteiger partial charge on any atom is -0.377 e. The number of hydrogen-bond donors (Lipinski definition) is 3. The van der Waals surface area contributed by atoms with Crippen LogP contribution in [0.25, 0.3) is 0 Å². The zero-order valence-corrected chi connectivity index (χ0v) is 12.5. The van der Waals surface area contributed by atoms with Crippen molar-refractivity contribution in [2.45, 2.75) is 18.7 Å². The van der Waals surface area contributed by atoms with Crippen LogP contribution in [-0.2, 0) is 4.57 Å². The Morgan fingerprint density at radius 3 is 1.90 bits per heavy atom. The first kappa shape index (κ1) is 14.5. The van der Waals surface area contributed by atoms with Gasteiger partial charge in [0, 0.05) is 29.2 Å². The van der Waals surface area contributed by atoms with E-state index < -0.39 is 13.4 Å². The smallest absolute Gasteiger partial charge is 0.144 e. The van der Waals surface area contributed by atoms with E-state index in [1.165, 1.54) is 0 Å². The number of rotatable bonds is 4. The fourth-order valence-electron chi connectivity index (χ4n) is 2.73. The van der Waals surface area contributed by atoms with Crippen molar-refractivity contribution >= 4 is 17.8 Å². The molecule has 1 saturated heterocycles. The quantitative estimate of drug-likeness (QED) is 0.742. The number of hydrogen-bond acceptors (Lipinski definition) is 4. The van der Waals surface area contributed by atoms with Gasteiger partial charge in [0.2, 0.25) is 0 Å². The molecular formula is C16H19N2O2P. The van der Waals surface area contributed by atoms with E-state index in [9.17, 15) is 9.67 Å². The summed E-state index contributed by atoms with van der Waals surface area (Å²) in [6, 6.07) is 19.2. The van der Waals surface area contributed by atoms with E-state index in [1.54, 1.807) is 0 Å². The molecule has 0 saturated carbocycles. The Hall–Kier alpha value is -1.45. The second-order valence-corrected chi connectivity index (χ2v) is 8.21. The molecule has 110 valence electrons. The van der Waals surface area contributed by atoms with Crippen LogP contribution in [0.2, 0.25) is 0 Å². The maximum absolute atomic E-state index is 13.7. The van der Waals surface area contributed by atoms with Gasteiger partial charge in [-0.15, -0.1) is 0 Å². The molecule has 0 spiro atoms. The van der Waals surface area contributed by atoms with E-state index in [0.717, 1.165) is 10.6 Å². The number of aliphatic hydroxyl groups is 1. The Morgan fingerprint density at radius 1 is 0.952 bits per heavy atom. The highest BCUT2D eigenvalue weighted by atomic mass is 31.2. The lowest BCUT2D eigenvalue weighted by molar-refractivity contribution is 0.153.